The van der Waals surface area contributed by atoms with E-state index < -0.39 is 19.3 Å². The first-order valence-corrected chi connectivity index (χ1v) is 19.5. The van der Waals surface area contributed by atoms with Crippen molar-refractivity contribution < 1.29 is 28.2 Å². The zero-order valence-electron chi connectivity index (χ0n) is 27.0. The zero-order valence-corrected chi connectivity index (χ0v) is 30.2. The molecule has 238 valence electrons. The molecule has 0 amide bonds. The molecule has 3 aromatic carbocycles. The minimum atomic E-state index is -2.94. The SMILES string of the molecule is CC(C)(C)[Si](Oc1cc(I)c2c3c1O[C@H]1C(C4OCCO4)CCC4(O)[C@@H](C2)[N+](C)(C)CC[C@]314)(c1ccccc1)c1ccccc1. The standard InChI is InChI=1S/C37H45INO5Si/c1-35(2,3)45(24-12-8-6-9-13-24,25-14-10-7-11-15-25)44-29-23-28(38)27-22-30-37(40)17-16-26(34-41-20-21-42-34)33-36(37,18-19-39(30,4)5)31(27)32(29)43-33/h6-15,23,26,30,33-34,40H,16-22H2,1-5H3/q+1/t26?,30-,33+,36+,37?/m1/s1. The number of hydrogen-bond donors (Lipinski definition) is 1. The lowest BCUT2D eigenvalue weighted by molar-refractivity contribution is -0.931. The fourth-order valence-electron chi connectivity index (χ4n) is 10.0. The van der Waals surface area contributed by atoms with Crippen molar-refractivity contribution in [2.75, 3.05) is 33.9 Å². The number of rotatable bonds is 5. The summed E-state index contributed by atoms with van der Waals surface area (Å²) in [5.74, 6) is 1.69. The summed E-state index contributed by atoms with van der Waals surface area (Å²) in [6, 6.07) is 24.0. The summed E-state index contributed by atoms with van der Waals surface area (Å²) < 4.78 is 29.4. The van der Waals surface area contributed by atoms with Gasteiger partial charge in [-0.2, -0.15) is 0 Å². The first kappa shape index (κ1) is 30.4. The molecular weight excluding hydrogens is 693 g/mol. The van der Waals surface area contributed by atoms with Crippen LogP contribution in [-0.4, -0.2) is 75.8 Å². The largest absolute Gasteiger partial charge is 0.531 e. The summed E-state index contributed by atoms with van der Waals surface area (Å²) in [4.78, 5) is 0. The van der Waals surface area contributed by atoms with Crippen molar-refractivity contribution in [1.82, 2.24) is 0 Å². The highest BCUT2D eigenvalue weighted by Crippen LogP contribution is 2.68. The fourth-order valence-corrected chi connectivity index (χ4v) is 15.2. The quantitative estimate of drug-likeness (QED) is 0.223. The van der Waals surface area contributed by atoms with Crippen molar-refractivity contribution in [1.29, 1.82) is 0 Å². The highest BCUT2D eigenvalue weighted by molar-refractivity contribution is 14.1. The van der Waals surface area contributed by atoms with Crippen molar-refractivity contribution in [3.8, 4) is 11.5 Å². The van der Waals surface area contributed by atoms with E-state index in [9.17, 15) is 5.11 Å². The average molecular weight is 739 g/mol. The average Bonchev–Trinajstić information content (AvgIpc) is 3.66. The summed E-state index contributed by atoms with van der Waals surface area (Å²) in [5, 5.41) is 15.4. The highest BCUT2D eigenvalue weighted by atomic mass is 127. The summed E-state index contributed by atoms with van der Waals surface area (Å²) in [7, 11) is 1.66. The Morgan fingerprint density at radius 2 is 1.58 bits per heavy atom. The Hall–Kier alpha value is -1.95. The van der Waals surface area contributed by atoms with Crippen LogP contribution in [0, 0.1) is 9.49 Å². The Labute approximate surface area is 281 Å². The van der Waals surface area contributed by atoms with Gasteiger partial charge in [0.25, 0.3) is 0 Å². The molecule has 5 aliphatic rings. The third kappa shape index (κ3) is 4.05. The molecule has 3 fully saturated rings. The number of likely N-dealkylation sites (tertiary alicyclic amines) is 1. The molecule has 0 radical (unpaired) electrons. The molecular formula is C37H45INO5Si+. The zero-order chi connectivity index (χ0) is 31.4. The highest BCUT2D eigenvalue weighted by Gasteiger charge is 2.76. The van der Waals surface area contributed by atoms with Crippen molar-refractivity contribution in [3.05, 3.63) is 81.4 Å². The van der Waals surface area contributed by atoms with E-state index >= 15 is 0 Å². The van der Waals surface area contributed by atoms with Gasteiger partial charge < -0.3 is 28.2 Å². The summed E-state index contributed by atoms with van der Waals surface area (Å²) in [6.07, 6.45) is 2.69. The normalized spacial score (nSPS) is 31.8. The van der Waals surface area contributed by atoms with E-state index in [1.807, 2.05) is 0 Å². The lowest BCUT2D eigenvalue weighted by Gasteiger charge is -2.65. The molecule has 3 aromatic rings. The summed E-state index contributed by atoms with van der Waals surface area (Å²) in [6.45, 7) is 9.15. The van der Waals surface area contributed by atoms with Crippen LogP contribution in [0.4, 0.5) is 0 Å². The number of benzene rings is 3. The van der Waals surface area contributed by atoms with Crippen LogP contribution >= 0.6 is 22.6 Å². The lowest BCUT2D eigenvalue weighted by Crippen LogP contribution is -2.80. The molecule has 45 heavy (non-hydrogen) atoms. The molecule has 1 saturated carbocycles. The van der Waals surface area contributed by atoms with E-state index in [1.54, 1.807) is 0 Å². The van der Waals surface area contributed by atoms with Crippen LogP contribution in [0.25, 0.3) is 0 Å². The Kier molecular flexibility index (Phi) is 6.94. The summed E-state index contributed by atoms with van der Waals surface area (Å²) >= 11 is 2.53. The molecule has 1 spiro atoms. The van der Waals surface area contributed by atoms with E-state index in [-0.39, 0.29) is 29.4 Å². The van der Waals surface area contributed by atoms with Gasteiger partial charge in [-0.3, -0.25) is 0 Å². The predicted octanol–water partition coefficient (Wildman–Crippen LogP) is 5.15. The van der Waals surface area contributed by atoms with Crippen molar-refractivity contribution >= 4 is 41.3 Å². The monoisotopic (exact) mass is 738 g/mol. The molecule has 3 aliphatic heterocycles. The molecule has 8 heteroatoms. The fraction of sp³-hybridized carbons (Fsp3) is 0.514. The number of likely N-dealkylation sites (N-methyl/N-ethyl adjacent to an activating group) is 1. The van der Waals surface area contributed by atoms with Crippen LogP contribution < -0.4 is 19.5 Å². The van der Waals surface area contributed by atoms with Crippen LogP contribution in [0.15, 0.2) is 66.7 Å². The molecule has 2 bridgehead atoms. The minimum Gasteiger partial charge on any atom is -0.531 e. The van der Waals surface area contributed by atoms with Gasteiger partial charge in [-0.1, -0.05) is 81.4 Å². The van der Waals surface area contributed by atoms with E-state index in [2.05, 4.69) is 124 Å². The van der Waals surface area contributed by atoms with E-state index in [1.165, 1.54) is 25.1 Å². The number of halogens is 1. The third-order valence-corrected chi connectivity index (χ3v) is 17.9. The minimum absolute atomic E-state index is 0.0406. The Balaban J connectivity index is 1.37. The van der Waals surface area contributed by atoms with Gasteiger partial charge in [0.05, 0.1) is 39.3 Å². The molecule has 2 saturated heterocycles. The molecule has 5 atom stereocenters. The Morgan fingerprint density at radius 3 is 2.18 bits per heavy atom. The molecule has 2 aliphatic carbocycles. The van der Waals surface area contributed by atoms with E-state index in [0.29, 0.717) is 13.2 Å². The summed E-state index contributed by atoms with van der Waals surface area (Å²) in [5.41, 5.74) is 1.12. The first-order chi connectivity index (χ1) is 21.4. The van der Waals surface area contributed by atoms with Gasteiger partial charge in [0.2, 0.25) is 0 Å². The molecule has 8 rings (SSSR count). The number of piperidine rings is 1. The molecule has 3 heterocycles. The van der Waals surface area contributed by atoms with E-state index in [0.717, 1.165) is 48.2 Å². The van der Waals surface area contributed by atoms with E-state index in [4.69, 9.17) is 18.6 Å². The molecule has 2 unspecified atom stereocenters. The van der Waals surface area contributed by atoms with Crippen LogP contribution in [0.1, 0.15) is 51.2 Å². The second kappa shape index (κ2) is 10.3. The topological polar surface area (TPSA) is 57.2 Å². The van der Waals surface area contributed by atoms with Gasteiger partial charge >= 0.3 is 8.32 Å². The number of quaternary nitrogens is 1. The van der Waals surface area contributed by atoms with Crippen LogP contribution in [-0.2, 0) is 21.3 Å². The van der Waals surface area contributed by atoms with Crippen molar-refractivity contribution in [2.24, 2.45) is 5.92 Å². The molecule has 1 N–H and O–H groups in total. The Bertz CT molecular complexity index is 1580. The third-order valence-electron chi connectivity index (χ3n) is 12.0. The number of ether oxygens (including phenoxy) is 3. The van der Waals surface area contributed by atoms with Crippen molar-refractivity contribution in [2.45, 2.75) is 80.9 Å². The molecule has 6 nitrogen and oxygen atoms in total. The van der Waals surface area contributed by atoms with Gasteiger partial charge in [-0.15, -0.1) is 0 Å². The predicted molar refractivity (Wildman–Crippen MR) is 186 cm³/mol. The van der Waals surface area contributed by atoms with Crippen LogP contribution in [0.3, 0.4) is 0 Å². The maximum absolute atomic E-state index is 13.1. The maximum Gasteiger partial charge on any atom is 0.320 e. The van der Waals surface area contributed by atoms with Gasteiger partial charge in [0, 0.05) is 27.9 Å². The van der Waals surface area contributed by atoms with Gasteiger partial charge in [-0.05, 0) is 62.5 Å². The number of nitrogens with zero attached hydrogens (tertiary/aromatic N) is 1. The number of hydrogen-bond acceptors (Lipinski definition) is 5. The number of aliphatic hydroxyl groups is 1. The van der Waals surface area contributed by atoms with Crippen molar-refractivity contribution in [3.63, 3.8) is 0 Å². The smallest absolute Gasteiger partial charge is 0.320 e. The van der Waals surface area contributed by atoms with Gasteiger partial charge in [-0.25, -0.2) is 0 Å². The lowest BCUT2D eigenvalue weighted by atomic mass is 9.47. The van der Waals surface area contributed by atoms with Crippen LogP contribution in [0.5, 0.6) is 11.5 Å². The van der Waals surface area contributed by atoms with Gasteiger partial charge in [0.15, 0.2) is 12.0 Å². The second-order valence-electron chi connectivity index (χ2n) is 15.5. The molecule has 0 aromatic heterocycles. The first-order valence-electron chi connectivity index (χ1n) is 16.5. The Morgan fingerprint density at radius 1 is 0.956 bits per heavy atom. The van der Waals surface area contributed by atoms with Gasteiger partial charge in [0.1, 0.15) is 23.5 Å². The maximum atomic E-state index is 13.1. The van der Waals surface area contributed by atoms with Crippen LogP contribution in [0.2, 0.25) is 5.04 Å². The second-order valence-corrected chi connectivity index (χ2v) is 20.9.